The molecule has 0 radical (unpaired) electrons. The average Bonchev–Trinajstić information content (AvgIpc) is 2.73. The summed E-state index contributed by atoms with van der Waals surface area (Å²) in [6.07, 6.45) is 1.99. The third-order valence-electron chi connectivity index (χ3n) is 4.24. The molecule has 0 saturated carbocycles. The number of ether oxygens (including phenoxy) is 1. The molecule has 0 N–H and O–H groups in total. The molecule has 2 aromatic heterocycles. The minimum Gasteiger partial charge on any atom is -0.455 e. The number of hydrazone groups is 1. The van der Waals surface area contributed by atoms with Crippen molar-refractivity contribution in [1.82, 2.24) is 9.38 Å². The summed E-state index contributed by atoms with van der Waals surface area (Å²) in [5.74, 6) is -0.824. The Hall–Kier alpha value is -3.81. The van der Waals surface area contributed by atoms with E-state index < -0.39 is 5.97 Å². The van der Waals surface area contributed by atoms with Gasteiger partial charge in [0.2, 0.25) is 5.91 Å². The van der Waals surface area contributed by atoms with Crippen LogP contribution in [0.3, 0.4) is 0 Å². The van der Waals surface area contributed by atoms with Gasteiger partial charge in [0.1, 0.15) is 18.0 Å². The molecule has 0 atom stereocenters. The Bertz CT molecular complexity index is 1140. The average molecular weight is 376 g/mol. The van der Waals surface area contributed by atoms with Gasteiger partial charge >= 0.3 is 5.97 Å². The number of rotatable bonds is 4. The van der Waals surface area contributed by atoms with Gasteiger partial charge in [-0.1, -0.05) is 24.3 Å². The van der Waals surface area contributed by atoms with E-state index in [2.05, 4.69) is 10.1 Å². The van der Waals surface area contributed by atoms with Gasteiger partial charge < -0.3 is 4.74 Å². The van der Waals surface area contributed by atoms with Gasteiger partial charge in [0.05, 0.1) is 11.4 Å². The lowest BCUT2D eigenvalue weighted by molar-refractivity contribution is -0.137. The molecule has 4 rings (SSSR count). The molecule has 1 amide bonds. The number of carbonyl (C=O) groups excluding carboxylic acids is 2. The van der Waals surface area contributed by atoms with Gasteiger partial charge in [-0.05, 0) is 24.3 Å². The van der Waals surface area contributed by atoms with Crippen LogP contribution >= 0.6 is 0 Å². The summed E-state index contributed by atoms with van der Waals surface area (Å²) < 4.78 is 6.68. The van der Waals surface area contributed by atoms with Crippen LogP contribution in [-0.2, 0) is 20.9 Å². The van der Waals surface area contributed by atoms with Crippen molar-refractivity contribution in [2.45, 2.75) is 19.4 Å². The van der Waals surface area contributed by atoms with Gasteiger partial charge in [-0.15, -0.1) is 0 Å². The van der Waals surface area contributed by atoms with Crippen molar-refractivity contribution in [3.8, 4) is 0 Å². The Labute approximate surface area is 159 Å². The number of hydrogen-bond acceptors (Lipinski definition) is 6. The first kappa shape index (κ1) is 17.6. The SMILES string of the molecule is O=C(OCc1cc(=O)n2ccccc2n1)C1=NN(c2ccccc2)C(=O)CC1. The van der Waals surface area contributed by atoms with Crippen LogP contribution in [0.4, 0.5) is 5.69 Å². The fraction of sp³-hybridized carbons (Fsp3) is 0.150. The number of para-hydroxylation sites is 1. The van der Waals surface area contributed by atoms with Crippen LogP contribution < -0.4 is 10.6 Å². The second kappa shape index (κ2) is 7.43. The summed E-state index contributed by atoms with van der Waals surface area (Å²) in [6.45, 7) is -0.155. The lowest BCUT2D eigenvalue weighted by Gasteiger charge is -2.22. The van der Waals surface area contributed by atoms with Gasteiger partial charge in [-0.3, -0.25) is 14.0 Å². The minimum atomic E-state index is -0.636. The zero-order chi connectivity index (χ0) is 19.5. The number of nitrogens with zero attached hydrogens (tertiary/aromatic N) is 4. The zero-order valence-electron chi connectivity index (χ0n) is 14.8. The van der Waals surface area contributed by atoms with Gasteiger partial charge in [0, 0.05) is 25.1 Å². The minimum absolute atomic E-state index is 0.154. The van der Waals surface area contributed by atoms with E-state index in [9.17, 15) is 14.4 Å². The molecule has 0 fully saturated rings. The monoisotopic (exact) mass is 376 g/mol. The number of benzene rings is 1. The van der Waals surface area contributed by atoms with E-state index in [0.29, 0.717) is 17.0 Å². The molecule has 0 saturated heterocycles. The lowest BCUT2D eigenvalue weighted by atomic mass is 10.1. The fourth-order valence-corrected chi connectivity index (χ4v) is 2.87. The van der Waals surface area contributed by atoms with Crippen molar-refractivity contribution in [2.75, 3.05) is 5.01 Å². The van der Waals surface area contributed by atoms with Gasteiger partial charge in [0.25, 0.3) is 5.56 Å². The molecule has 0 spiro atoms. The molecular weight excluding hydrogens is 360 g/mol. The molecule has 8 nitrogen and oxygen atoms in total. The van der Waals surface area contributed by atoms with E-state index in [1.165, 1.54) is 15.5 Å². The van der Waals surface area contributed by atoms with Crippen LogP contribution in [0.25, 0.3) is 5.65 Å². The van der Waals surface area contributed by atoms with Crippen LogP contribution in [0.1, 0.15) is 18.5 Å². The van der Waals surface area contributed by atoms with E-state index in [1.54, 1.807) is 48.7 Å². The highest BCUT2D eigenvalue weighted by Gasteiger charge is 2.26. The van der Waals surface area contributed by atoms with E-state index >= 15 is 0 Å². The molecule has 140 valence electrons. The predicted molar refractivity (Wildman–Crippen MR) is 102 cm³/mol. The van der Waals surface area contributed by atoms with Crippen LogP contribution in [0.2, 0.25) is 0 Å². The van der Waals surface area contributed by atoms with Crippen molar-refractivity contribution in [2.24, 2.45) is 5.10 Å². The van der Waals surface area contributed by atoms with Crippen LogP contribution in [0.5, 0.6) is 0 Å². The summed E-state index contributed by atoms with van der Waals surface area (Å²) >= 11 is 0. The topological polar surface area (TPSA) is 93.3 Å². The van der Waals surface area contributed by atoms with Gasteiger partial charge in [-0.25, -0.2) is 14.8 Å². The standard InChI is InChI=1S/C20H16N4O4/c25-18-10-9-16(22-24(18)15-6-2-1-3-7-15)20(27)28-13-14-12-19(26)23-11-5-4-8-17(23)21-14/h1-8,11-12H,9-10,13H2. The number of hydrogen-bond donors (Lipinski definition) is 0. The predicted octanol–water partition coefficient (Wildman–Crippen LogP) is 1.92. The number of anilines is 1. The first-order valence-electron chi connectivity index (χ1n) is 8.72. The van der Waals surface area contributed by atoms with Crippen molar-refractivity contribution in [3.05, 3.63) is 76.8 Å². The normalized spacial score (nSPS) is 14.1. The molecule has 3 aromatic rings. The fourth-order valence-electron chi connectivity index (χ4n) is 2.87. The third-order valence-corrected chi connectivity index (χ3v) is 4.24. The van der Waals surface area contributed by atoms with Crippen molar-refractivity contribution < 1.29 is 14.3 Å². The molecule has 0 aliphatic carbocycles. The number of fused-ring (bicyclic) bond motifs is 1. The maximum Gasteiger partial charge on any atom is 0.354 e. The third kappa shape index (κ3) is 3.52. The smallest absolute Gasteiger partial charge is 0.354 e. The quantitative estimate of drug-likeness (QED) is 0.649. The lowest BCUT2D eigenvalue weighted by Crippen LogP contribution is -2.35. The summed E-state index contributed by atoms with van der Waals surface area (Å²) in [6, 6.07) is 15.4. The Kier molecular flexibility index (Phi) is 4.67. The molecular formula is C20H16N4O4. The van der Waals surface area contributed by atoms with E-state index in [1.807, 2.05) is 6.07 Å². The summed E-state index contributed by atoms with van der Waals surface area (Å²) in [7, 11) is 0. The highest BCUT2D eigenvalue weighted by molar-refractivity contribution is 6.37. The van der Waals surface area contributed by atoms with Crippen molar-refractivity contribution in [3.63, 3.8) is 0 Å². The summed E-state index contributed by atoms with van der Waals surface area (Å²) in [5.41, 5.74) is 1.30. The first-order chi connectivity index (χ1) is 13.6. The molecule has 3 heterocycles. The van der Waals surface area contributed by atoms with E-state index in [-0.39, 0.29) is 36.6 Å². The molecule has 1 aromatic carbocycles. The Balaban J connectivity index is 1.51. The summed E-state index contributed by atoms with van der Waals surface area (Å²) in [4.78, 5) is 40.9. The Morgan fingerprint density at radius 1 is 1.04 bits per heavy atom. The second-order valence-corrected chi connectivity index (χ2v) is 6.18. The molecule has 28 heavy (non-hydrogen) atoms. The number of amides is 1. The number of esters is 1. The van der Waals surface area contributed by atoms with Crippen LogP contribution in [-0.4, -0.2) is 27.0 Å². The number of pyridine rings is 1. The largest absolute Gasteiger partial charge is 0.455 e. The van der Waals surface area contributed by atoms with Crippen molar-refractivity contribution >= 4 is 28.9 Å². The van der Waals surface area contributed by atoms with Gasteiger partial charge in [-0.2, -0.15) is 5.10 Å². The molecule has 8 heteroatoms. The maximum atomic E-state index is 12.4. The highest BCUT2D eigenvalue weighted by atomic mass is 16.5. The zero-order valence-corrected chi connectivity index (χ0v) is 14.8. The number of aromatic nitrogens is 2. The Morgan fingerprint density at radius 2 is 1.82 bits per heavy atom. The van der Waals surface area contributed by atoms with Crippen LogP contribution in [0.15, 0.2) is 70.7 Å². The van der Waals surface area contributed by atoms with Gasteiger partial charge in [0.15, 0.2) is 0 Å². The van der Waals surface area contributed by atoms with Crippen molar-refractivity contribution in [1.29, 1.82) is 0 Å². The maximum absolute atomic E-state index is 12.4. The molecule has 1 aliphatic rings. The summed E-state index contributed by atoms with van der Waals surface area (Å²) in [5, 5.41) is 5.36. The Morgan fingerprint density at radius 3 is 2.64 bits per heavy atom. The number of carbonyl (C=O) groups is 2. The second-order valence-electron chi connectivity index (χ2n) is 6.18. The van der Waals surface area contributed by atoms with E-state index in [4.69, 9.17) is 4.74 Å². The van der Waals surface area contributed by atoms with Crippen LogP contribution in [0, 0.1) is 0 Å². The highest BCUT2D eigenvalue weighted by Crippen LogP contribution is 2.20. The molecule has 0 bridgehead atoms. The molecule has 0 unspecified atom stereocenters. The van der Waals surface area contributed by atoms with E-state index in [0.717, 1.165) is 0 Å². The first-order valence-corrected chi connectivity index (χ1v) is 8.72. The molecule has 1 aliphatic heterocycles.